The van der Waals surface area contributed by atoms with E-state index in [2.05, 4.69) is 19.1 Å². The highest BCUT2D eigenvalue weighted by Crippen LogP contribution is 2.37. The highest BCUT2D eigenvalue weighted by atomic mass is 19.1. The van der Waals surface area contributed by atoms with Crippen molar-refractivity contribution in [1.29, 1.82) is 5.26 Å². The van der Waals surface area contributed by atoms with E-state index in [-0.39, 0.29) is 11.7 Å². The zero-order valence-electron chi connectivity index (χ0n) is 15.6. The quantitative estimate of drug-likeness (QED) is 0.579. The van der Waals surface area contributed by atoms with Gasteiger partial charge in [0.2, 0.25) is 0 Å². The first-order valence-electron chi connectivity index (χ1n) is 10.4. The molecule has 0 atom stereocenters. The molecule has 0 spiro atoms. The Morgan fingerprint density at radius 1 is 1.00 bits per heavy atom. The number of hydrogen-bond acceptors (Lipinski definition) is 1. The zero-order valence-corrected chi connectivity index (χ0v) is 15.6. The summed E-state index contributed by atoms with van der Waals surface area (Å²) >= 11 is 0. The van der Waals surface area contributed by atoms with Crippen LogP contribution in [0.2, 0.25) is 0 Å². The number of aryl methyl sites for hydroxylation is 1. The summed E-state index contributed by atoms with van der Waals surface area (Å²) in [5, 5.41) is 9.01. The van der Waals surface area contributed by atoms with Gasteiger partial charge in [0.05, 0.1) is 6.07 Å². The van der Waals surface area contributed by atoms with Gasteiger partial charge in [-0.15, -0.1) is 0 Å². The lowest BCUT2D eigenvalue weighted by molar-refractivity contribution is 0.258. The van der Waals surface area contributed by atoms with Crippen molar-refractivity contribution in [2.45, 2.75) is 83.5 Å². The summed E-state index contributed by atoms with van der Waals surface area (Å²) in [6.07, 6.45) is 12.8. The molecule has 0 radical (unpaired) electrons. The fraction of sp³-hybridized carbons (Fsp3) is 0.696. The number of rotatable bonds is 5. The van der Waals surface area contributed by atoms with Crippen molar-refractivity contribution in [3.05, 3.63) is 35.1 Å². The summed E-state index contributed by atoms with van der Waals surface area (Å²) in [5.41, 5.74) is 2.04. The van der Waals surface area contributed by atoms with Crippen LogP contribution in [0.4, 0.5) is 4.39 Å². The van der Waals surface area contributed by atoms with Crippen molar-refractivity contribution in [2.75, 3.05) is 0 Å². The van der Waals surface area contributed by atoms with Crippen LogP contribution < -0.4 is 0 Å². The van der Waals surface area contributed by atoms with Crippen molar-refractivity contribution < 1.29 is 4.39 Å². The second kappa shape index (κ2) is 8.84. The molecule has 0 aromatic heterocycles. The van der Waals surface area contributed by atoms with Crippen LogP contribution in [0.5, 0.6) is 0 Å². The number of nitriles is 1. The largest absolute Gasteiger partial charge is 0.207 e. The molecule has 1 aromatic carbocycles. The second-order valence-corrected chi connectivity index (χ2v) is 8.37. The van der Waals surface area contributed by atoms with Crippen molar-refractivity contribution >= 4 is 0 Å². The lowest BCUT2D eigenvalue weighted by atomic mass is 9.78. The van der Waals surface area contributed by atoms with Gasteiger partial charge in [0, 0.05) is 5.92 Å². The molecule has 2 heteroatoms. The minimum Gasteiger partial charge on any atom is -0.207 e. The SMILES string of the molecule is CCC1CCC(CCc2ccc(C3CCC(C#N)CC3)c(F)c2)CC1. The minimum absolute atomic E-state index is 0.0207. The topological polar surface area (TPSA) is 23.8 Å². The van der Waals surface area contributed by atoms with Gasteiger partial charge < -0.3 is 0 Å². The Balaban J connectivity index is 1.51. The van der Waals surface area contributed by atoms with E-state index in [0.717, 1.165) is 55.1 Å². The lowest BCUT2D eigenvalue weighted by Gasteiger charge is -2.28. The second-order valence-electron chi connectivity index (χ2n) is 8.37. The molecule has 2 aliphatic carbocycles. The molecule has 2 aliphatic rings. The van der Waals surface area contributed by atoms with Gasteiger partial charge in [-0.25, -0.2) is 4.39 Å². The summed E-state index contributed by atoms with van der Waals surface area (Å²) in [4.78, 5) is 0. The Morgan fingerprint density at radius 3 is 2.28 bits per heavy atom. The first-order valence-corrected chi connectivity index (χ1v) is 10.4. The Kier molecular flexibility index (Phi) is 6.51. The molecule has 25 heavy (non-hydrogen) atoms. The fourth-order valence-corrected chi connectivity index (χ4v) is 4.89. The minimum atomic E-state index is -0.0207. The molecule has 0 heterocycles. The Labute approximate surface area is 152 Å². The maximum absolute atomic E-state index is 14.6. The summed E-state index contributed by atoms with van der Waals surface area (Å²) in [5.74, 6) is 2.26. The predicted octanol–water partition coefficient (Wildman–Crippen LogP) is 6.77. The maximum atomic E-state index is 14.6. The summed E-state index contributed by atoms with van der Waals surface area (Å²) < 4.78 is 14.6. The molecule has 0 saturated heterocycles. The molecule has 136 valence electrons. The van der Waals surface area contributed by atoms with E-state index in [1.54, 1.807) is 6.07 Å². The molecule has 0 aliphatic heterocycles. The highest BCUT2D eigenvalue weighted by Gasteiger charge is 2.24. The summed E-state index contributed by atoms with van der Waals surface area (Å²) in [6.45, 7) is 2.31. The molecule has 0 unspecified atom stereocenters. The van der Waals surface area contributed by atoms with Gasteiger partial charge in [-0.05, 0) is 73.5 Å². The van der Waals surface area contributed by atoms with Crippen LogP contribution in [0.3, 0.4) is 0 Å². The normalized spacial score (nSPS) is 30.0. The predicted molar refractivity (Wildman–Crippen MR) is 101 cm³/mol. The van der Waals surface area contributed by atoms with Gasteiger partial charge >= 0.3 is 0 Å². The molecule has 1 aromatic rings. The third kappa shape index (κ3) is 4.84. The molecule has 3 rings (SSSR count). The smallest absolute Gasteiger partial charge is 0.126 e. The number of halogens is 1. The molecule has 0 bridgehead atoms. The van der Waals surface area contributed by atoms with E-state index in [4.69, 9.17) is 5.26 Å². The van der Waals surface area contributed by atoms with E-state index in [0.29, 0.717) is 5.92 Å². The van der Waals surface area contributed by atoms with Crippen LogP contribution in [-0.2, 0) is 6.42 Å². The van der Waals surface area contributed by atoms with E-state index in [1.165, 1.54) is 38.5 Å². The molecule has 0 N–H and O–H groups in total. The molecule has 0 amide bonds. The molecule has 2 saturated carbocycles. The number of hydrogen-bond donors (Lipinski definition) is 0. The van der Waals surface area contributed by atoms with E-state index < -0.39 is 0 Å². The van der Waals surface area contributed by atoms with Crippen molar-refractivity contribution in [3.63, 3.8) is 0 Å². The van der Waals surface area contributed by atoms with E-state index in [9.17, 15) is 4.39 Å². The molecule has 2 fully saturated rings. The standard InChI is InChI=1S/C23H32FN/c1-2-17-3-5-18(6-4-17)7-8-19-11-14-22(23(24)15-19)21-12-9-20(16-25)10-13-21/h11,14-15,17-18,20-21H,2-10,12-13H2,1H3. The zero-order chi connectivity index (χ0) is 17.6. The van der Waals surface area contributed by atoms with Crippen LogP contribution in [0.15, 0.2) is 18.2 Å². The molecular formula is C23H32FN. The maximum Gasteiger partial charge on any atom is 0.126 e. The number of benzene rings is 1. The summed E-state index contributed by atoms with van der Waals surface area (Å²) in [6, 6.07) is 8.31. The average molecular weight is 342 g/mol. The van der Waals surface area contributed by atoms with Gasteiger partial charge in [-0.1, -0.05) is 51.2 Å². The monoisotopic (exact) mass is 341 g/mol. The van der Waals surface area contributed by atoms with Crippen molar-refractivity contribution in [1.82, 2.24) is 0 Å². The lowest BCUT2D eigenvalue weighted by Crippen LogP contribution is -2.15. The van der Waals surface area contributed by atoms with Crippen LogP contribution in [0.25, 0.3) is 0 Å². The summed E-state index contributed by atoms with van der Waals surface area (Å²) in [7, 11) is 0. The van der Waals surface area contributed by atoms with Gasteiger partial charge in [-0.3, -0.25) is 0 Å². The Morgan fingerprint density at radius 2 is 1.68 bits per heavy atom. The third-order valence-corrected chi connectivity index (χ3v) is 6.80. The third-order valence-electron chi connectivity index (χ3n) is 6.80. The molecule has 1 nitrogen and oxygen atoms in total. The van der Waals surface area contributed by atoms with Crippen LogP contribution in [-0.4, -0.2) is 0 Å². The van der Waals surface area contributed by atoms with Gasteiger partial charge in [-0.2, -0.15) is 5.26 Å². The van der Waals surface area contributed by atoms with Gasteiger partial charge in [0.15, 0.2) is 0 Å². The van der Waals surface area contributed by atoms with Crippen LogP contribution >= 0.6 is 0 Å². The van der Waals surface area contributed by atoms with E-state index >= 15 is 0 Å². The first kappa shape index (κ1) is 18.4. The van der Waals surface area contributed by atoms with Crippen molar-refractivity contribution in [2.24, 2.45) is 17.8 Å². The highest BCUT2D eigenvalue weighted by molar-refractivity contribution is 5.28. The average Bonchev–Trinajstić information content (AvgIpc) is 2.67. The first-order chi connectivity index (χ1) is 12.2. The van der Waals surface area contributed by atoms with Gasteiger partial charge in [0.1, 0.15) is 5.82 Å². The Bertz CT molecular complexity index is 587. The van der Waals surface area contributed by atoms with E-state index in [1.807, 2.05) is 6.07 Å². The Hall–Kier alpha value is -1.36. The van der Waals surface area contributed by atoms with Crippen molar-refractivity contribution in [3.8, 4) is 6.07 Å². The van der Waals surface area contributed by atoms with Gasteiger partial charge in [0.25, 0.3) is 0 Å². The fourth-order valence-electron chi connectivity index (χ4n) is 4.89. The number of nitrogens with zero attached hydrogens (tertiary/aromatic N) is 1. The van der Waals surface area contributed by atoms with Crippen LogP contribution in [0, 0.1) is 34.9 Å². The molecular weight excluding hydrogens is 309 g/mol. The van der Waals surface area contributed by atoms with Crippen LogP contribution in [0.1, 0.15) is 88.2 Å².